The molecule has 0 bridgehead atoms. The number of ether oxygens (including phenoxy) is 5. The van der Waals surface area contributed by atoms with E-state index in [1.807, 2.05) is 6.92 Å². The van der Waals surface area contributed by atoms with Gasteiger partial charge in [0.2, 0.25) is 0 Å². The Kier molecular flexibility index (Phi) is 5.87. The second kappa shape index (κ2) is 7.87. The van der Waals surface area contributed by atoms with Crippen molar-refractivity contribution in [3.05, 3.63) is 29.8 Å². The van der Waals surface area contributed by atoms with Crippen LogP contribution in [0.25, 0.3) is 5.76 Å². The average molecular weight is 322 g/mol. The van der Waals surface area contributed by atoms with E-state index in [1.54, 1.807) is 19.2 Å². The van der Waals surface area contributed by atoms with E-state index in [4.69, 9.17) is 23.7 Å². The first-order valence-electron chi connectivity index (χ1n) is 7.47. The molecule has 0 aromatic heterocycles. The molecule has 0 unspecified atom stereocenters. The molecule has 0 aliphatic carbocycles. The molecule has 0 radical (unpaired) electrons. The molecule has 0 saturated carbocycles. The van der Waals surface area contributed by atoms with Gasteiger partial charge >= 0.3 is 5.97 Å². The van der Waals surface area contributed by atoms with Crippen molar-refractivity contribution < 1.29 is 28.5 Å². The fourth-order valence-electron chi connectivity index (χ4n) is 2.36. The molecule has 0 spiro atoms. The van der Waals surface area contributed by atoms with E-state index in [2.05, 4.69) is 6.58 Å². The highest BCUT2D eigenvalue weighted by Gasteiger charge is 2.23. The first-order chi connectivity index (χ1) is 11.1. The molecule has 126 valence electrons. The van der Waals surface area contributed by atoms with Gasteiger partial charge in [0.05, 0.1) is 39.6 Å². The number of hydrogen-bond donors (Lipinski definition) is 0. The van der Waals surface area contributed by atoms with E-state index < -0.39 is 5.97 Å². The van der Waals surface area contributed by atoms with Crippen molar-refractivity contribution in [2.45, 2.75) is 19.4 Å². The van der Waals surface area contributed by atoms with Gasteiger partial charge in [0.25, 0.3) is 0 Å². The van der Waals surface area contributed by atoms with Gasteiger partial charge in [-0.25, -0.2) is 4.79 Å². The Labute approximate surface area is 135 Å². The van der Waals surface area contributed by atoms with Gasteiger partial charge in [0, 0.05) is 12.0 Å². The van der Waals surface area contributed by atoms with Gasteiger partial charge in [-0.15, -0.1) is 0 Å². The van der Waals surface area contributed by atoms with E-state index in [-0.39, 0.29) is 6.10 Å². The van der Waals surface area contributed by atoms with E-state index in [9.17, 15) is 4.79 Å². The van der Waals surface area contributed by atoms with Crippen molar-refractivity contribution in [2.75, 3.05) is 34.0 Å². The van der Waals surface area contributed by atoms with E-state index in [1.165, 1.54) is 7.11 Å². The zero-order valence-corrected chi connectivity index (χ0v) is 13.7. The summed E-state index contributed by atoms with van der Waals surface area (Å²) in [6.45, 7) is 7.32. The Hall–Kier alpha value is -2.21. The van der Waals surface area contributed by atoms with E-state index in [0.29, 0.717) is 48.2 Å². The van der Waals surface area contributed by atoms with Crippen LogP contribution in [0.4, 0.5) is 0 Å². The van der Waals surface area contributed by atoms with Crippen molar-refractivity contribution in [1.82, 2.24) is 0 Å². The van der Waals surface area contributed by atoms with Gasteiger partial charge in [-0.1, -0.05) is 6.58 Å². The predicted molar refractivity (Wildman–Crippen MR) is 84.8 cm³/mol. The summed E-state index contributed by atoms with van der Waals surface area (Å²) in [5.74, 6) is 0.856. The maximum atomic E-state index is 12.1. The summed E-state index contributed by atoms with van der Waals surface area (Å²) in [6, 6.07) is 3.28. The topological polar surface area (TPSA) is 63.2 Å². The van der Waals surface area contributed by atoms with Gasteiger partial charge in [-0.05, 0) is 19.1 Å². The molecular weight excluding hydrogens is 300 g/mol. The standard InChI is InChI=1S/C17H22O6/c1-5-22-11(2)13-8-15(19-3)16(9-14(13)17(18)20-4)23-12-6-7-21-10-12/h8-9,12H,2,5-7,10H2,1,3-4H3/t12-/m0/s1. The molecule has 1 aromatic carbocycles. The van der Waals surface area contributed by atoms with Crippen LogP contribution in [0.5, 0.6) is 11.5 Å². The SMILES string of the molecule is C=C(OCC)c1cc(OC)c(O[C@H]2CCOC2)cc1C(=O)OC. The Morgan fingerprint density at radius 2 is 2.04 bits per heavy atom. The van der Waals surface area contributed by atoms with Crippen LogP contribution in [0.1, 0.15) is 29.3 Å². The number of hydrogen-bond acceptors (Lipinski definition) is 6. The molecule has 1 heterocycles. The normalized spacial score (nSPS) is 16.7. The van der Waals surface area contributed by atoms with Crippen molar-refractivity contribution in [3.8, 4) is 11.5 Å². The van der Waals surface area contributed by atoms with Crippen LogP contribution in [0.2, 0.25) is 0 Å². The summed E-state index contributed by atoms with van der Waals surface area (Å²) in [7, 11) is 2.86. The van der Waals surface area contributed by atoms with Gasteiger partial charge in [-0.3, -0.25) is 0 Å². The van der Waals surface area contributed by atoms with Crippen molar-refractivity contribution in [2.24, 2.45) is 0 Å². The van der Waals surface area contributed by atoms with Gasteiger partial charge in [0.15, 0.2) is 11.5 Å². The lowest BCUT2D eigenvalue weighted by atomic mass is 10.0. The van der Waals surface area contributed by atoms with E-state index >= 15 is 0 Å². The summed E-state index contributed by atoms with van der Waals surface area (Å²) in [5.41, 5.74) is 0.839. The van der Waals surface area contributed by atoms with Crippen LogP contribution in [0.15, 0.2) is 18.7 Å². The summed E-state index contributed by atoms with van der Waals surface area (Å²) in [6.07, 6.45) is 0.736. The molecule has 1 saturated heterocycles. The Balaban J connectivity index is 2.42. The van der Waals surface area contributed by atoms with Gasteiger partial charge in [-0.2, -0.15) is 0 Å². The molecule has 1 atom stereocenters. The van der Waals surface area contributed by atoms with Crippen LogP contribution in [0.3, 0.4) is 0 Å². The van der Waals surface area contributed by atoms with Crippen LogP contribution in [0, 0.1) is 0 Å². The summed E-state index contributed by atoms with van der Waals surface area (Å²) < 4.78 is 26.8. The third-order valence-corrected chi connectivity index (χ3v) is 3.51. The van der Waals surface area contributed by atoms with E-state index in [0.717, 1.165) is 6.42 Å². The minimum absolute atomic E-state index is 0.0599. The highest BCUT2D eigenvalue weighted by atomic mass is 16.6. The molecule has 23 heavy (non-hydrogen) atoms. The highest BCUT2D eigenvalue weighted by Crippen LogP contribution is 2.35. The van der Waals surface area contributed by atoms with Gasteiger partial charge < -0.3 is 23.7 Å². The van der Waals surface area contributed by atoms with Gasteiger partial charge in [0.1, 0.15) is 11.9 Å². The maximum absolute atomic E-state index is 12.1. The number of methoxy groups -OCH3 is 2. The molecule has 0 amide bonds. The van der Waals surface area contributed by atoms with Crippen LogP contribution in [-0.2, 0) is 14.2 Å². The van der Waals surface area contributed by atoms with Crippen LogP contribution in [-0.4, -0.2) is 46.1 Å². The molecule has 0 N–H and O–H groups in total. The minimum atomic E-state index is -0.490. The quantitative estimate of drug-likeness (QED) is 0.568. The number of benzene rings is 1. The lowest BCUT2D eigenvalue weighted by molar-refractivity contribution is 0.0598. The summed E-state index contributed by atoms with van der Waals surface area (Å²) in [4.78, 5) is 12.1. The average Bonchev–Trinajstić information content (AvgIpc) is 3.07. The first-order valence-corrected chi connectivity index (χ1v) is 7.47. The lowest BCUT2D eigenvalue weighted by Crippen LogP contribution is -2.17. The summed E-state index contributed by atoms with van der Waals surface area (Å²) in [5, 5.41) is 0. The van der Waals surface area contributed by atoms with Crippen LogP contribution >= 0.6 is 0 Å². The lowest BCUT2D eigenvalue weighted by Gasteiger charge is -2.18. The Morgan fingerprint density at radius 1 is 1.30 bits per heavy atom. The molecular formula is C17H22O6. The number of carbonyl (C=O) groups excluding carboxylic acids is 1. The minimum Gasteiger partial charge on any atom is -0.494 e. The Morgan fingerprint density at radius 3 is 2.61 bits per heavy atom. The monoisotopic (exact) mass is 322 g/mol. The number of rotatable bonds is 7. The number of carbonyl (C=O) groups is 1. The molecule has 1 fully saturated rings. The fraction of sp³-hybridized carbons (Fsp3) is 0.471. The highest BCUT2D eigenvalue weighted by molar-refractivity contribution is 5.95. The second-order valence-corrected chi connectivity index (χ2v) is 5.00. The van der Waals surface area contributed by atoms with Crippen molar-refractivity contribution in [3.63, 3.8) is 0 Å². The Bertz CT molecular complexity index is 575. The number of esters is 1. The first kappa shape index (κ1) is 17.1. The fourth-order valence-corrected chi connectivity index (χ4v) is 2.36. The molecule has 6 heteroatoms. The largest absolute Gasteiger partial charge is 0.494 e. The van der Waals surface area contributed by atoms with Crippen molar-refractivity contribution >= 4 is 11.7 Å². The summed E-state index contributed by atoms with van der Waals surface area (Å²) >= 11 is 0. The predicted octanol–water partition coefficient (Wildman–Crippen LogP) is 2.66. The molecule has 1 aliphatic rings. The van der Waals surface area contributed by atoms with Crippen molar-refractivity contribution in [1.29, 1.82) is 0 Å². The third kappa shape index (κ3) is 3.96. The zero-order valence-electron chi connectivity index (χ0n) is 13.7. The maximum Gasteiger partial charge on any atom is 0.338 e. The third-order valence-electron chi connectivity index (χ3n) is 3.51. The molecule has 1 aliphatic heterocycles. The molecule has 1 aromatic rings. The zero-order chi connectivity index (χ0) is 16.8. The smallest absolute Gasteiger partial charge is 0.338 e. The second-order valence-electron chi connectivity index (χ2n) is 5.00. The molecule has 6 nitrogen and oxygen atoms in total. The van der Waals surface area contributed by atoms with Crippen LogP contribution < -0.4 is 9.47 Å². The molecule has 2 rings (SSSR count).